The van der Waals surface area contributed by atoms with Crippen LogP contribution in [0.4, 0.5) is 11.6 Å². The number of rotatable bonds is 54. The summed E-state index contributed by atoms with van der Waals surface area (Å²) in [5, 5.41) is 53.4. The first-order chi connectivity index (χ1) is 57.0. The number of aryl methyl sites for hydroxylation is 2. The standard InChI is InChI=1S/C68H106N14O34P6/c1-65(2,35-109-121(103,104)115-119(99,100)107-33-43-53(113-117(93,94)95)51(87)63(111-43)81-39-79-49-57(69)75-37-77-59(49)81)55(89)61(91)73-31-21-47(85)71-29-19-45(83)67(25-26-67)23-13-7-5-9-15-41-17-11-12-18-42(41)16-10-6-8-14-24-68(27-28-68)46(84)20-30-72-48(86)22-32-74-62(92)56(90)66(3,4)36-110-122(105,106)116-120(101,102)108-34-44-54(114-118(96,97)98)52(88)64(112-44)82-40-80-50-58(70)76-38-78-60(50)82/h11-12,17-18,37-40,43-44,51-56,63-64,87-90H,5-10,13-16,19-36H2,1-4H3,(H,71,85)(H,72,86)(H,73,91)(H,74,92)(H,99,100)(H,101,102)(H,103,104)(H,105,106)(H2,69,75,77)(H2,70,76,78)(H2,93,94,95)(H2,96,97,98)/p-8. The SMILES string of the molecule is CC(C)(COP(=O)([O-])OP(=O)([O-])OCC1OC(n2cnc3c(N)ncnc32)C(O)C1OP(=O)([O-])[O-])C(O)C(=O)NCCC(=O)NCCC(=O)C1(CCCCCCc2ccccc2CCCCCCC2(C(=O)CCNC(=O)CCNC(=O)C(O)C(C)(C)COP(=O)([O-])OP(=O)([O-])OCC3OC(n4cnc5c(N)ncnc54)C(O)C3OP(=O)([O-])[O-])CC2)CC1. The molecule has 2 saturated carbocycles. The quantitative estimate of drug-likeness (QED) is 0.0148. The molecule has 9 rings (SSSR count). The van der Waals surface area contributed by atoms with Gasteiger partial charge in [0.15, 0.2) is 35.4 Å². The summed E-state index contributed by atoms with van der Waals surface area (Å²) in [6.45, 7) is -0.409. The highest BCUT2D eigenvalue weighted by atomic mass is 31.3. The van der Waals surface area contributed by atoms with Gasteiger partial charge in [0.1, 0.15) is 84.1 Å². The Bertz CT molecular complexity index is 4500. The Balaban J connectivity index is 0.571. The zero-order valence-corrected chi connectivity index (χ0v) is 72.0. The van der Waals surface area contributed by atoms with Crippen LogP contribution in [0.25, 0.3) is 22.3 Å². The van der Waals surface area contributed by atoms with Gasteiger partial charge < -0.3 is 138 Å². The molecule has 1 aromatic carbocycles. The lowest BCUT2D eigenvalue weighted by atomic mass is 9.87. The number of amides is 4. The molecule has 0 radical (unpaired) electrons. The molecule has 2 saturated heterocycles. The third-order valence-corrected chi connectivity index (χ3v) is 27.2. The first-order valence-electron chi connectivity index (χ1n) is 38.8. The van der Waals surface area contributed by atoms with E-state index < -0.39 is 180 Å². The minimum Gasteiger partial charge on any atom is -0.790 e. The lowest BCUT2D eigenvalue weighted by molar-refractivity contribution is -0.348. The number of benzene rings is 1. The van der Waals surface area contributed by atoms with Gasteiger partial charge in [-0.2, -0.15) is 0 Å². The van der Waals surface area contributed by atoms with Crippen molar-refractivity contribution in [1.82, 2.24) is 60.3 Å². The van der Waals surface area contributed by atoms with E-state index in [9.17, 15) is 116 Å². The number of nitrogens with two attached hydrogens (primary N) is 2. The van der Waals surface area contributed by atoms with Gasteiger partial charge in [-0.3, -0.25) is 56.2 Å². The van der Waals surface area contributed by atoms with Crippen molar-refractivity contribution in [3.8, 4) is 0 Å². The summed E-state index contributed by atoms with van der Waals surface area (Å²) in [7, 11) is -35.6. The van der Waals surface area contributed by atoms with Gasteiger partial charge in [0.05, 0.1) is 54.7 Å². The molecule has 2 aliphatic heterocycles. The summed E-state index contributed by atoms with van der Waals surface area (Å²) in [5.74, 6) is -3.23. The van der Waals surface area contributed by atoms with Gasteiger partial charge in [-0.25, -0.2) is 38.5 Å². The average molecular weight is 1840 g/mol. The smallest absolute Gasteiger partial charge is 0.274 e. The van der Waals surface area contributed by atoms with E-state index in [1.54, 1.807) is 0 Å². The number of anilines is 2. The molecular formula is C68H98N14O34P6-8. The fourth-order valence-electron chi connectivity index (χ4n) is 13.9. The number of aliphatic hydroxyl groups excluding tert-OH is 4. The molecule has 12 N–H and O–H groups in total. The van der Waals surface area contributed by atoms with Gasteiger partial charge in [0.2, 0.25) is 23.6 Å². The van der Waals surface area contributed by atoms with Crippen LogP contribution in [0.2, 0.25) is 0 Å². The van der Waals surface area contributed by atoms with Crippen LogP contribution in [0, 0.1) is 21.7 Å². The molecular weight excluding hydrogens is 1740 g/mol. The highest BCUT2D eigenvalue weighted by Crippen LogP contribution is 2.59. The summed E-state index contributed by atoms with van der Waals surface area (Å²) in [6.07, 6.45) is -1.79. The van der Waals surface area contributed by atoms with E-state index in [1.165, 1.54) is 38.8 Å². The zero-order chi connectivity index (χ0) is 89.6. The molecule has 682 valence electrons. The molecule has 4 amide bonds. The van der Waals surface area contributed by atoms with Crippen LogP contribution in [0.15, 0.2) is 49.6 Å². The van der Waals surface area contributed by atoms with E-state index in [0.29, 0.717) is 0 Å². The van der Waals surface area contributed by atoms with E-state index in [-0.39, 0.29) is 97.4 Å². The van der Waals surface area contributed by atoms with Crippen LogP contribution in [0.3, 0.4) is 0 Å². The van der Waals surface area contributed by atoms with E-state index in [0.717, 1.165) is 137 Å². The Kier molecular flexibility index (Phi) is 34.3. The number of nitrogens with one attached hydrogen (secondary N) is 4. The number of ether oxygens (including phenoxy) is 2. The molecule has 4 fully saturated rings. The largest absolute Gasteiger partial charge is 0.790 e. The molecule has 5 aromatic rings. The Labute approximate surface area is 698 Å². The lowest BCUT2D eigenvalue weighted by Gasteiger charge is -2.36. The number of carbonyl (C=O) groups is 6. The molecule has 54 heteroatoms. The maximum absolute atomic E-state index is 13.3. The number of imidazole rings is 2. The van der Waals surface area contributed by atoms with E-state index in [2.05, 4.69) is 99.1 Å². The van der Waals surface area contributed by atoms with Crippen LogP contribution < -0.4 is 71.9 Å². The second-order valence-electron chi connectivity index (χ2n) is 31.5. The molecule has 48 nitrogen and oxygen atoms in total. The Morgan fingerprint density at radius 2 is 0.852 bits per heavy atom. The third-order valence-electron chi connectivity index (χ3n) is 21.2. The number of phosphoric ester groups is 6. The average Bonchev–Trinajstić information content (AvgIpc) is 1.62. The van der Waals surface area contributed by atoms with Crippen LogP contribution >= 0.6 is 46.9 Å². The van der Waals surface area contributed by atoms with Crippen molar-refractivity contribution in [3.63, 3.8) is 0 Å². The number of aliphatic hydroxyl groups is 4. The van der Waals surface area contributed by atoms with Crippen LogP contribution in [0.5, 0.6) is 0 Å². The van der Waals surface area contributed by atoms with Crippen molar-refractivity contribution in [1.29, 1.82) is 0 Å². The molecule has 2 aliphatic carbocycles. The molecule has 122 heavy (non-hydrogen) atoms. The number of nitrogen functional groups attached to an aromatic ring is 2. The van der Waals surface area contributed by atoms with Crippen molar-refractivity contribution < 1.29 is 161 Å². The number of hydrogen-bond donors (Lipinski definition) is 10. The summed E-state index contributed by atoms with van der Waals surface area (Å²) >= 11 is 0. The second-order valence-corrected chi connectivity index (χ2v) is 39.6. The van der Waals surface area contributed by atoms with Crippen molar-refractivity contribution in [2.45, 2.75) is 217 Å². The normalized spacial score (nSPS) is 22.8. The lowest BCUT2D eigenvalue weighted by Crippen LogP contribution is -2.46. The molecule has 0 spiro atoms. The summed E-state index contributed by atoms with van der Waals surface area (Å²) in [5.41, 5.74) is 9.73. The summed E-state index contributed by atoms with van der Waals surface area (Å²) in [4.78, 5) is 198. The van der Waals surface area contributed by atoms with E-state index in [4.69, 9.17) is 20.9 Å². The Morgan fingerprint density at radius 3 is 1.20 bits per heavy atom. The van der Waals surface area contributed by atoms with Crippen molar-refractivity contribution in [3.05, 3.63) is 60.7 Å². The number of carbonyl (C=O) groups excluding carboxylic acids is 6. The Hall–Kier alpha value is -6.36. The number of fused-ring (bicyclic) bond motifs is 2. The number of aromatic nitrogens is 8. The van der Waals surface area contributed by atoms with Gasteiger partial charge in [0.25, 0.3) is 31.3 Å². The number of phosphoric acid groups is 6. The highest BCUT2D eigenvalue weighted by Gasteiger charge is 2.52. The van der Waals surface area contributed by atoms with E-state index >= 15 is 0 Å². The van der Waals surface area contributed by atoms with Gasteiger partial charge in [-0.15, -0.1) is 0 Å². The van der Waals surface area contributed by atoms with E-state index in [1.807, 2.05) is 12.1 Å². The molecule has 14 atom stereocenters. The topological polar surface area (TPSA) is 750 Å². The number of ketones is 2. The molecule has 4 aliphatic rings. The maximum atomic E-state index is 13.3. The molecule has 0 bridgehead atoms. The van der Waals surface area contributed by atoms with Gasteiger partial charge >= 0.3 is 0 Å². The summed E-state index contributed by atoms with van der Waals surface area (Å²) < 4.78 is 123. The monoisotopic (exact) mass is 1840 g/mol. The second kappa shape index (κ2) is 42.0. The van der Waals surface area contributed by atoms with Crippen molar-refractivity contribution in [2.24, 2.45) is 21.7 Å². The van der Waals surface area contributed by atoms with Crippen molar-refractivity contribution in [2.75, 3.05) is 64.1 Å². The van der Waals surface area contributed by atoms with Crippen molar-refractivity contribution >= 4 is 116 Å². The fraction of sp³-hybridized carbons (Fsp3) is 0.676. The number of hydrogen-bond acceptors (Lipinski definition) is 42. The fourth-order valence-corrected chi connectivity index (χ4v) is 19.4. The van der Waals surface area contributed by atoms with Gasteiger partial charge in [-0.1, -0.05) is 90.5 Å². The van der Waals surface area contributed by atoms with Gasteiger partial charge in [-0.05, 0) is 75.3 Å². The maximum Gasteiger partial charge on any atom is 0.274 e. The summed E-state index contributed by atoms with van der Waals surface area (Å²) in [6, 6.07) is 8.34. The number of nitrogens with zero attached hydrogens (tertiary/aromatic N) is 8. The van der Waals surface area contributed by atoms with Crippen LogP contribution in [-0.2, 0) is 114 Å². The minimum atomic E-state index is -5.98. The first-order valence-corrected chi connectivity index (χ1v) is 47.6. The highest BCUT2D eigenvalue weighted by molar-refractivity contribution is 7.60. The zero-order valence-electron chi connectivity index (χ0n) is 66.6. The van der Waals surface area contributed by atoms with Crippen LogP contribution in [-0.4, -0.2) is 196 Å². The van der Waals surface area contributed by atoms with Crippen LogP contribution in [0.1, 0.15) is 167 Å². The molecule has 6 heterocycles. The van der Waals surface area contributed by atoms with Gasteiger partial charge in [0, 0.05) is 73.5 Å². The number of unbranched alkanes of at least 4 members (excludes halogenated alkanes) is 6. The molecule has 14 unspecified atom stereocenters. The first kappa shape index (κ1) is 99.4. The predicted octanol–water partition coefficient (Wildman–Crippen LogP) is -2.07. The predicted molar refractivity (Wildman–Crippen MR) is 404 cm³/mol. The third kappa shape index (κ3) is 28.6. The minimum absolute atomic E-state index is 0.0210. The Morgan fingerprint density at radius 1 is 0.508 bits per heavy atom. The molecule has 4 aromatic heterocycles. The number of Topliss-reactive ketones (excluding diaryl/α,β-unsaturated/α-hetero) is 2.